The van der Waals surface area contributed by atoms with Gasteiger partial charge in [0, 0.05) is 33.9 Å². The standard InChI is InChI=1S/C14H28N6OS.HI/c1-12-18-19-13(20(12)2)11-17-14(15-7-5-9-21-3)16-8-6-10-22-4;/h5-11H2,1-4H3,(H2,15,16,17);1H. The highest BCUT2D eigenvalue weighted by Crippen LogP contribution is 1.99. The summed E-state index contributed by atoms with van der Waals surface area (Å²) in [5, 5.41) is 14.9. The molecule has 0 bridgehead atoms. The Morgan fingerprint density at radius 2 is 1.96 bits per heavy atom. The lowest BCUT2D eigenvalue weighted by atomic mass is 10.4. The maximum Gasteiger partial charge on any atom is 0.191 e. The summed E-state index contributed by atoms with van der Waals surface area (Å²) in [7, 11) is 3.67. The van der Waals surface area contributed by atoms with Crippen LogP contribution >= 0.6 is 35.7 Å². The molecule has 9 heteroatoms. The Kier molecular flexibility index (Phi) is 13.5. The van der Waals surface area contributed by atoms with E-state index in [0.717, 1.165) is 55.9 Å². The zero-order chi connectivity index (χ0) is 16.2. The Balaban J connectivity index is 0.00000484. The van der Waals surface area contributed by atoms with Gasteiger partial charge in [0.1, 0.15) is 12.4 Å². The summed E-state index contributed by atoms with van der Waals surface area (Å²) in [4.78, 5) is 4.59. The number of aromatic nitrogens is 3. The largest absolute Gasteiger partial charge is 0.385 e. The minimum atomic E-state index is 0. The third-order valence-corrected chi connectivity index (χ3v) is 3.89. The third-order valence-electron chi connectivity index (χ3n) is 3.20. The molecule has 1 rings (SSSR count). The molecule has 0 radical (unpaired) electrons. The first-order valence-electron chi connectivity index (χ1n) is 7.54. The quantitative estimate of drug-likeness (QED) is 0.241. The second-order valence-corrected chi connectivity index (χ2v) is 5.92. The second kappa shape index (κ2) is 13.8. The van der Waals surface area contributed by atoms with E-state index in [-0.39, 0.29) is 24.0 Å². The second-order valence-electron chi connectivity index (χ2n) is 4.93. The number of ether oxygens (including phenoxy) is 1. The highest BCUT2D eigenvalue weighted by molar-refractivity contribution is 14.0. The van der Waals surface area contributed by atoms with Gasteiger partial charge in [0.2, 0.25) is 0 Å². The fourth-order valence-electron chi connectivity index (χ4n) is 1.76. The molecule has 0 fully saturated rings. The van der Waals surface area contributed by atoms with Crippen LogP contribution in [0.1, 0.15) is 24.5 Å². The van der Waals surface area contributed by atoms with Crippen LogP contribution < -0.4 is 10.6 Å². The Labute approximate surface area is 160 Å². The van der Waals surface area contributed by atoms with Crippen molar-refractivity contribution in [1.82, 2.24) is 25.4 Å². The number of hydrogen-bond acceptors (Lipinski definition) is 5. The SMILES string of the molecule is COCCCNC(=NCc1nnc(C)n1C)NCCCSC.I. The molecule has 1 aromatic rings. The zero-order valence-electron chi connectivity index (χ0n) is 14.5. The molecule has 0 aliphatic heterocycles. The number of aryl methyl sites for hydroxylation is 1. The molecule has 0 saturated heterocycles. The lowest BCUT2D eigenvalue weighted by Crippen LogP contribution is -2.38. The van der Waals surface area contributed by atoms with Gasteiger partial charge in [-0.1, -0.05) is 0 Å². The molecule has 0 atom stereocenters. The summed E-state index contributed by atoms with van der Waals surface area (Å²) in [6.07, 6.45) is 4.18. The average molecular weight is 456 g/mol. The van der Waals surface area contributed by atoms with Crippen molar-refractivity contribution in [2.75, 3.05) is 38.8 Å². The minimum Gasteiger partial charge on any atom is -0.385 e. The van der Waals surface area contributed by atoms with E-state index < -0.39 is 0 Å². The first kappa shape index (κ1) is 22.4. The maximum atomic E-state index is 5.06. The van der Waals surface area contributed by atoms with Gasteiger partial charge in [-0.3, -0.25) is 0 Å². The fourth-order valence-corrected chi connectivity index (χ4v) is 2.19. The van der Waals surface area contributed by atoms with E-state index in [1.54, 1.807) is 7.11 Å². The van der Waals surface area contributed by atoms with Gasteiger partial charge < -0.3 is 19.9 Å². The van der Waals surface area contributed by atoms with E-state index in [0.29, 0.717) is 6.54 Å². The first-order valence-corrected chi connectivity index (χ1v) is 8.93. The van der Waals surface area contributed by atoms with Gasteiger partial charge in [-0.05, 0) is 31.8 Å². The number of rotatable bonds is 10. The molecule has 0 saturated carbocycles. The number of nitrogens with one attached hydrogen (secondary N) is 2. The number of aliphatic imine (C=N–C) groups is 1. The summed E-state index contributed by atoms with van der Waals surface area (Å²) in [5.74, 6) is 3.72. The van der Waals surface area contributed by atoms with Crippen molar-refractivity contribution in [3.63, 3.8) is 0 Å². The van der Waals surface area contributed by atoms with E-state index in [1.165, 1.54) is 0 Å². The van der Waals surface area contributed by atoms with E-state index >= 15 is 0 Å². The predicted octanol–water partition coefficient (Wildman–Crippen LogP) is 1.57. The van der Waals surface area contributed by atoms with Crippen LogP contribution in [0.3, 0.4) is 0 Å². The van der Waals surface area contributed by atoms with Gasteiger partial charge >= 0.3 is 0 Å². The number of methoxy groups -OCH3 is 1. The number of hydrogen-bond donors (Lipinski definition) is 2. The molecular weight excluding hydrogens is 427 g/mol. The fraction of sp³-hybridized carbons (Fsp3) is 0.786. The Morgan fingerprint density at radius 3 is 2.52 bits per heavy atom. The molecule has 2 N–H and O–H groups in total. The number of guanidine groups is 1. The van der Waals surface area contributed by atoms with Crippen LogP contribution in [0.15, 0.2) is 4.99 Å². The third kappa shape index (κ3) is 9.36. The van der Waals surface area contributed by atoms with Crippen LogP contribution in [-0.2, 0) is 18.3 Å². The molecule has 134 valence electrons. The summed E-state index contributed by atoms with van der Waals surface area (Å²) >= 11 is 1.85. The summed E-state index contributed by atoms with van der Waals surface area (Å²) in [5.41, 5.74) is 0. The van der Waals surface area contributed by atoms with Crippen molar-refractivity contribution < 1.29 is 4.74 Å². The van der Waals surface area contributed by atoms with Gasteiger partial charge in [-0.2, -0.15) is 11.8 Å². The molecule has 0 spiro atoms. The smallest absolute Gasteiger partial charge is 0.191 e. The highest BCUT2D eigenvalue weighted by atomic mass is 127. The molecule has 0 unspecified atom stereocenters. The topological polar surface area (TPSA) is 76.4 Å². The predicted molar refractivity (Wildman–Crippen MR) is 108 cm³/mol. The molecule has 0 amide bonds. The van der Waals surface area contributed by atoms with Gasteiger partial charge in [-0.15, -0.1) is 34.2 Å². The van der Waals surface area contributed by atoms with Crippen molar-refractivity contribution in [3.8, 4) is 0 Å². The molecule has 0 aliphatic carbocycles. The molecule has 0 aromatic carbocycles. The Morgan fingerprint density at radius 1 is 1.26 bits per heavy atom. The Hall–Kier alpha value is -0.550. The molecule has 0 aliphatic rings. The zero-order valence-corrected chi connectivity index (χ0v) is 17.6. The summed E-state index contributed by atoms with van der Waals surface area (Å²) < 4.78 is 7.02. The van der Waals surface area contributed by atoms with Crippen LogP contribution in [0.25, 0.3) is 0 Å². The monoisotopic (exact) mass is 456 g/mol. The lowest BCUT2D eigenvalue weighted by Gasteiger charge is -2.12. The van der Waals surface area contributed by atoms with Crippen molar-refractivity contribution in [3.05, 3.63) is 11.6 Å². The van der Waals surface area contributed by atoms with Crippen molar-refractivity contribution in [2.24, 2.45) is 12.0 Å². The van der Waals surface area contributed by atoms with Gasteiger partial charge in [-0.25, -0.2) is 4.99 Å². The highest BCUT2D eigenvalue weighted by Gasteiger charge is 2.05. The summed E-state index contributed by atoms with van der Waals surface area (Å²) in [6, 6.07) is 0. The van der Waals surface area contributed by atoms with Crippen molar-refractivity contribution >= 4 is 41.7 Å². The maximum absolute atomic E-state index is 5.06. The van der Waals surface area contributed by atoms with Crippen molar-refractivity contribution in [2.45, 2.75) is 26.3 Å². The van der Waals surface area contributed by atoms with E-state index in [2.05, 4.69) is 32.1 Å². The van der Waals surface area contributed by atoms with Gasteiger partial charge in [0.15, 0.2) is 11.8 Å². The minimum absolute atomic E-state index is 0. The molecule has 1 heterocycles. The van der Waals surface area contributed by atoms with Crippen LogP contribution in [0.5, 0.6) is 0 Å². The summed E-state index contributed by atoms with van der Waals surface area (Å²) in [6.45, 7) is 4.94. The molecular formula is C14H29IN6OS. The van der Waals surface area contributed by atoms with Crippen LogP contribution in [0, 0.1) is 6.92 Å². The van der Waals surface area contributed by atoms with E-state index in [9.17, 15) is 0 Å². The molecule has 1 aromatic heterocycles. The Bertz CT molecular complexity index is 440. The first-order chi connectivity index (χ1) is 10.7. The van der Waals surface area contributed by atoms with Crippen LogP contribution in [-0.4, -0.2) is 59.5 Å². The van der Waals surface area contributed by atoms with Crippen LogP contribution in [0.2, 0.25) is 0 Å². The average Bonchev–Trinajstić information content (AvgIpc) is 2.84. The van der Waals surface area contributed by atoms with E-state index in [4.69, 9.17) is 4.74 Å². The molecule has 7 nitrogen and oxygen atoms in total. The lowest BCUT2D eigenvalue weighted by molar-refractivity contribution is 0.195. The normalized spacial score (nSPS) is 11.2. The molecule has 23 heavy (non-hydrogen) atoms. The number of thioether (sulfide) groups is 1. The van der Waals surface area contributed by atoms with Crippen LogP contribution in [0.4, 0.5) is 0 Å². The van der Waals surface area contributed by atoms with E-state index in [1.807, 2.05) is 30.3 Å². The number of halogens is 1. The number of nitrogens with zero attached hydrogens (tertiary/aromatic N) is 4. The van der Waals surface area contributed by atoms with Crippen molar-refractivity contribution in [1.29, 1.82) is 0 Å². The van der Waals surface area contributed by atoms with Gasteiger partial charge in [0.05, 0.1) is 0 Å². The van der Waals surface area contributed by atoms with Gasteiger partial charge in [0.25, 0.3) is 0 Å².